The number of fused-ring (bicyclic) bond motifs is 1. The molecule has 0 saturated heterocycles. The van der Waals surface area contributed by atoms with Gasteiger partial charge in [0.15, 0.2) is 6.10 Å². The number of hydrogen-bond acceptors (Lipinski definition) is 3. The first kappa shape index (κ1) is 20.6. The lowest BCUT2D eigenvalue weighted by Gasteiger charge is -2.46. The van der Waals surface area contributed by atoms with Crippen LogP contribution in [0.2, 0.25) is 0 Å². The molecule has 0 radical (unpaired) electrons. The van der Waals surface area contributed by atoms with Crippen LogP contribution in [0, 0.1) is 17.4 Å². The summed E-state index contributed by atoms with van der Waals surface area (Å²) in [5, 5.41) is 19.6. The first-order valence-electron chi connectivity index (χ1n) is 9.62. The third kappa shape index (κ3) is 3.28. The first-order valence-corrected chi connectivity index (χ1v) is 10.7. The number of carbonyl (C=O) groups is 2. The van der Waals surface area contributed by atoms with E-state index in [1.165, 1.54) is 19.3 Å². The van der Waals surface area contributed by atoms with Crippen LogP contribution in [0.25, 0.3) is 0 Å². The number of aliphatic carboxylic acids is 1. The Morgan fingerprint density at radius 1 is 1.19 bits per heavy atom. The summed E-state index contributed by atoms with van der Waals surface area (Å²) in [6, 6.07) is 0.292. The van der Waals surface area contributed by atoms with E-state index in [1.807, 2.05) is 27.7 Å². The number of carboxylic acid groups (broad SMARTS) is 1. The van der Waals surface area contributed by atoms with E-state index in [1.54, 1.807) is 0 Å². The number of carbonyl (C=O) groups excluding carboxylic acids is 1. The van der Waals surface area contributed by atoms with E-state index in [4.69, 9.17) is 0 Å². The van der Waals surface area contributed by atoms with E-state index in [0.29, 0.717) is 18.2 Å². The molecule has 27 heavy (non-hydrogen) atoms. The molecule has 148 valence electrons. The zero-order valence-electron chi connectivity index (χ0n) is 16.4. The SMILES string of the molecule is Cc1c(I)c([C@H](O)C(=O)O)c(C)c2c1CN(C1CCCCC1)C(=O)C2(C)C. The average Bonchev–Trinajstić information content (AvgIpc) is 2.62. The largest absolute Gasteiger partial charge is 0.479 e. The number of amides is 1. The van der Waals surface area contributed by atoms with Crippen LogP contribution >= 0.6 is 22.6 Å². The summed E-state index contributed by atoms with van der Waals surface area (Å²) in [5.41, 5.74) is 3.41. The second-order valence-electron chi connectivity index (χ2n) is 8.42. The van der Waals surface area contributed by atoms with Crippen molar-refractivity contribution in [2.45, 2.75) is 83.9 Å². The highest BCUT2D eigenvalue weighted by Crippen LogP contribution is 2.44. The molecule has 1 fully saturated rings. The van der Waals surface area contributed by atoms with Crippen molar-refractivity contribution in [1.29, 1.82) is 0 Å². The van der Waals surface area contributed by atoms with Gasteiger partial charge in [0.05, 0.1) is 5.41 Å². The average molecular weight is 485 g/mol. The molecule has 1 saturated carbocycles. The van der Waals surface area contributed by atoms with Gasteiger partial charge < -0.3 is 15.1 Å². The number of carboxylic acids is 1. The van der Waals surface area contributed by atoms with Crippen molar-refractivity contribution in [3.05, 3.63) is 31.4 Å². The van der Waals surface area contributed by atoms with Crippen LogP contribution in [0.3, 0.4) is 0 Å². The molecule has 0 bridgehead atoms. The molecule has 3 rings (SSSR count). The third-order valence-electron chi connectivity index (χ3n) is 6.37. The fraction of sp³-hybridized carbons (Fsp3) is 0.619. The lowest BCUT2D eigenvalue weighted by molar-refractivity contribution is -0.147. The molecule has 1 aromatic carbocycles. The van der Waals surface area contributed by atoms with E-state index in [9.17, 15) is 19.8 Å². The molecule has 1 amide bonds. The van der Waals surface area contributed by atoms with Gasteiger partial charge in [-0.3, -0.25) is 4.79 Å². The number of rotatable bonds is 3. The van der Waals surface area contributed by atoms with Gasteiger partial charge in [0.25, 0.3) is 0 Å². The van der Waals surface area contributed by atoms with Crippen LogP contribution in [0.4, 0.5) is 0 Å². The van der Waals surface area contributed by atoms with Crippen LogP contribution in [0.15, 0.2) is 0 Å². The zero-order valence-corrected chi connectivity index (χ0v) is 18.6. The van der Waals surface area contributed by atoms with E-state index in [0.717, 1.165) is 38.7 Å². The minimum atomic E-state index is -1.58. The van der Waals surface area contributed by atoms with Crippen LogP contribution in [0.1, 0.15) is 79.9 Å². The molecule has 0 unspecified atom stereocenters. The molecule has 1 heterocycles. The van der Waals surface area contributed by atoms with Crippen molar-refractivity contribution in [1.82, 2.24) is 4.90 Å². The quantitative estimate of drug-likeness (QED) is 0.636. The molecule has 0 aromatic heterocycles. The molecule has 1 aromatic rings. The summed E-state index contributed by atoms with van der Waals surface area (Å²) in [7, 11) is 0. The minimum Gasteiger partial charge on any atom is -0.479 e. The fourth-order valence-corrected chi connectivity index (χ4v) is 5.96. The lowest BCUT2D eigenvalue weighted by atomic mass is 9.71. The van der Waals surface area contributed by atoms with Crippen molar-refractivity contribution in [3.63, 3.8) is 0 Å². The lowest BCUT2D eigenvalue weighted by Crippen LogP contribution is -2.53. The summed E-state index contributed by atoms with van der Waals surface area (Å²) in [5.74, 6) is -1.15. The van der Waals surface area contributed by atoms with Gasteiger partial charge in [0.2, 0.25) is 5.91 Å². The van der Waals surface area contributed by atoms with Gasteiger partial charge in [0.1, 0.15) is 0 Å². The highest BCUT2D eigenvalue weighted by Gasteiger charge is 2.45. The van der Waals surface area contributed by atoms with Gasteiger partial charge in [-0.05, 0) is 85.4 Å². The Morgan fingerprint density at radius 2 is 1.78 bits per heavy atom. The van der Waals surface area contributed by atoms with Crippen molar-refractivity contribution in [2.24, 2.45) is 0 Å². The molecular formula is C21H28INO4. The zero-order chi connectivity index (χ0) is 20.1. The number of halogens is 1. The Bertz CT molecular complexity index is 796. The summed E-state index contributed by atoms with van der Waals surface area (Å²) >= 11 is 2.14. The van der Waals surface area contributed by atoms with Crippen LogP contribution in [0.5, 0.6) is 0 Å². The van der Waals surface area contributed by atoms with Crippen molar-refractivity contribution < 1.29 is 19.8 Å². The van der Waals surface area contributed by atoms with Gasteiger partial charge in [-0.1, -0.05) is 19.3 Å². The van der Waals surface area contributed by atoms with Crippen LogP contribution in [-0.2, 0) is 21.5 Å². The molecule has 1 atom stereocenters. The van der Waals surface area contributed by atoms with Crippen LogP contribution in [-0.4, -0.2) is 33.0 Å². The second-order valence-corrected chi connectivity index (χ2v) is 9.50. The summed E-state index contributed by atoms with van der Waals surface area (Å²) in [6.45, 7) is 8.25. The van der Waals surface area contributed by atoms with Crippen LogP contribution < -0.4 is 0 Å². The van der Waals surface area contributed by atoms with Gasteiger partial charge in [0, 0.05) is 21.7 Å². The molecule has 2 N–H and O–H groups in total. The van der Waals surface area contributed by atoms with Gasteiger partial charge in [-0.25, -0.2) is 4.79 Å². The summed E-state index contributed by atoms with van der Waals surface area (Å²) in [6.07, 6.45) is 4.11. The molecule has 1 aliphatic carbocycles. The smallest absolute Gasteiger partial charge is 0.337 e. The number of nitrogens with zero attached hydrogens (tertiary/aromatic N) is 1. The topological polar surface area (TPSA) is 77.8 Å². The summed E-state index contributed by atoms with van der Waals surface area (Å²) in [4.78, 5) is 26.9. The van der Waals surface area contributed by atoms with Gasteiger partial charge in [-0.2, -0.15) is 0 Å². The third-order valence-corrected chi connectivity index (χ3v) is 7.76. The van der Waals surface area contributed by atoms with Crippen molar-refractivity contribution in [2.75, 3.05) is 0 Å². The molecule has 6 heteroatoms. The number of hydrogen-bond donors (Lipinski definition) is 2. The Balaban J connectivity index is 2.18. The first-order chi connectivity index (χ1) is 12.6. The van der Waals surface area contributed by atoms with Gasteiger partial charge in [-0.15, -0.1) is 0 Å². The number of aliphatic hydroxyl groups is 1. The maximum absolute atomic E-state index is 13.4. The minimum absolute atomic E-state index is 0.112. The Kier molecular flexibility index (Phi) is 5.60. The van der Waals surface area contributed by atoms with Gasteiger partial charge >= 0.3 is 5.97 Å². The second kappa shape index (κ2) is 7.35. The predicted molar refractivity (Wildman–Crippen MR) is 112 cm³/mol. The highest BCUT2D eigenvalue weighted by atomic mass is 127. The van der Waals surface area contributed by atoms with E-state index >= 15 is 0 Å². The number of benzene rings is 1. The molecule has 1 aliphatic heterocycles. The maximum atomic E-state index is 13.4. The van der Waals surface area contributed by atoms with E-state index < -0.39 is 17.5 Å². The molecule has 2 aliphatic rings. The molecule has 5 nitrogen and oxygen atoms in total. The Morgan fingerprint density at radius 3 is 2.33 bits per heavy atom. The van der Waals surface area contributed by atoms with E-state index in [2.05, 4.69) is 27.5 Å². The predicted octanol–water partition coefficient (Wildman–Crippen LogP) is 3.98. The molecule has 0 spiro atoms. The maximum Gasteiger partial charge on any atom is 0.337 e. The Labute approximate surface area is 174 Å². The monoisotopic (exact) mass is 485 g/mol. The highest BCUT2D eigenvalue weighted by molar-refractivity contribution is 14.1. The van der Waals surface area contributed by atoms with E-state index in [-0.39, 0.29) is 5.91 Å². The molecular weight excluding hydrogens is 457 g/mol. The normalized spacial score (nSPS) is 21.1. The number of aliphatic hydroxyl groups excluding tert-OH is 1. The van der Waals surface area contributed by atoms with Crippen molar-refractivity contribution >= 4 is 34.5 Å². The van der Waals surface area contributed by atoms with Crippen molar-refractivity contribution in [3.8, 4) is 0 Å². The fourth-order valence-electron chi connectivity index (χ4n) is 4.94. The Hall–Kier alpha value is -1.15. The standard InChI is InChI=1S/C21H28INO4/c1-11-14-10-23(13-8-6-5-7-9-13)20(27)21(3,4)16(14)12(2)15(17(11)22)18(24)19(25)26/h13,18,24H,5-10H2,1-4H3,(H,25,26)/t18-/m0/s1. The summed E-state index contributed by atoms with van der Waals surface area (Å²) < 4.78 is 0.785.